The largest absolute Gasteiger partial charge is 0.447 e. The molecule has 0 N–H and O–H groups in total. The minimum atomic E-state index is -5.09. The van der Waals surface area contributed by atoms with Crippen molar-refractivity contribution in [1.82, 2.24) is 9.78 Å². The third kappa shape index (κ3) is 4.19. The molecule has 4 rings (SSSR count). The van der Waals surface area contributed by atoms with Crippen LogP contribution in [-0.2, 0) is 22.1 Å². The Morgan fingerprint density at radius 3 is 2.47 bits per heavy atom. The van der Waals surface area contributed by atoms with Gasteiger partial charge in [-0.25, -0.2) is 13.6 Å². The Labute approximate surface area is 177 Å². The first-order chi connectivity index (χ1) is 15.0. The number of alkyl halides is 7. The van der Waals surface area contributed by atoms with Gasteiger partial charge in [0.05, 0.1) is 35.4 Å². The van der Waals surface area contributed by atoms with E-state index in [1.165, 1.54) is 24.3 Å². The topological polar surface area (TPSA) is 53.3 Å². The molecular formula is C20H17F7N2O3. The van der Waals surface area contributed by atoms with Gasteiger partial charge >= 0.3 is 18.8 Å². The maximum absolute atomic E-state index is 14.8. The van der Waals surface area contributed by atoms with E-state index in [9.17, 15) is 35.5 Å². The molecule has 1 aromatic carbocycles. The quantitative estimate of drug-likeness (QED) is 0.442. The standard InChI is InChI=1S/C20H17F7N2O3/c21-18(22)31-12-7-6-11(8-12)29-13-9-19(23,24)16(14(13)15(28-29)20(25,26)27)32-17(30)10-4-2-1-3-5-10/h1-5,11-12,16,18H,6-9H2/t11-,12-,16+/m1/s1. The Morgan fingerprint density at radius 2 is 1.84 bits per heavy atom. The van der Waals surface area contributed by atoms with E-state index >= 15 is 0 Å². The number of benzene rings is 1. The van der Waals surface area contributed by atoms with Gasteiger partial charge in [0.25, 0.3) is 5.92 Å². The third-order valence-electron chi connectivity index (χ3n) is 5.60. The molecule has 1 aromatic heterocycles. The van der Waals surface area contributed by atoms with Crippen molar-refractivity contribution < 1.29 is 45.0 Å². The molecule has 0 radical (unpaired) electrons. The molecule has 0 unspecified atom stereocenters. The number of aromatic nitrogens is 2. The molecule has 1 saturated carbocycles. The highest BCUT2D eigenvalue weighted by Crippen LogP contribution is 2.51. The smallest absolute Gasteiger partial charge is 0.435 e. The number of carbonyl (C=O) groups excluding carboxylic acids is 1. The van der Waals surface area contributed by atoms with Gasteiger partial charge in [0.1, 0.15) is 0 Å². The molecule has 1 fully saturated rings. The van der Waals surface area contributed by atoms with Crippen LogP contribution >= 0.6 is 0 Å². The van der Waals surface area contributed by atoms with E-state index in [4.69, 9.17) is 4.74 Å². The Kier molecular flexibility index (Phi) is 5.68. The second kappa shape index (κ2) is 8.05. The van der Waals surface area contributed by atoms with Crippen LogP contribution in [0.1, 0.15) is 58.7 Å². The van der Waals surface area contributed by atoms with Crippen LogP contribution in [0, 0.1) is 0 Å². The average Bonchev–Trinajstić information content (AvgIpc) is 3.35. The second-order valence-corrected chi connectivity index (χ2v) is 7.73. The van der Waals surface area contributed by atoms with Gasteiger partial charge in [0.2, 0.25) is 0 Å². The summed E-state index contributed by atoms with van der Waals surface area (Å²) in [6, 6.07) is 6.20. The summed E-state index contributed by atoms with van der Waals surface area (Å²) in [4.78, 5) is 12.3. The van der Waals surface area contributed by atoms with Gasteiger partial charge in [-0.05, 0) is 31.4 Å². The molecule has 2 aliphatic rings. The van der Waals surface area contributed by atoms with Gasteiger partial charge in [-0.1, -0.05) is 18.2 Å². The van der Waals surface area contributed by atoms with Crippen molar-refractivity contribution in [2.45, 2.75) is 62.6 Å². The highest BCUT2D eigenvalue weighted by Gasteiger charge is 2.58. The predicted molar refractivity (Wildman–Crippen MR) is 94.2 cm³/mol. The zero-order chi connectivity index (χ0) is 23.3. The van der Waals surface area contributed by atoms with E-state index in [1.54, 1.807) is 6.07 Å². The fraction of sp³-hybridized carbons (Fsp3) is 0.500. The Hall–Kier alpha value is -2.63. The van der Waals surface area contributed by atoms with Crippen molar-refractivity contribution in [3.05, 3.63) is 52.8 Å². The van der Waals surface area contributed by atoms with Crippen LogP contribution in [0.15, 0.2) is 30.3 Å². The maximum atomic E-state index is 14.8. The van der Waals surface area contributed by atoms with E-state index in [0.717, 1.165) is 4.68 Å². The number of esters is 1. The van der Waals surface area contributed by atoms with Crippen molar-refractivity contribution in [2.24, 2.45) is 0 Å². The van der Waals surface area contributed by atoms with Gasteiger partial charge in [0.15, 0.2) is 11.8 Å². The molecule has 2 aliphatic carbocycles. The van der Waals surface area contributed by atoms with Crippen LogP contribution < -0.4 is 0 Å². The Bertz CT molecular complexity index is 991. The fourth-order valence-corrected chi connectivity index (χ4v) is 4.28. The summed E-state index contributed by atoms with van der Waals surface area (Å²) >= 11 is 0. The highest BCUT2D eigenvalue weighted by atomic mass is 19.4. The summed E-state index contributed by atoms with van der Waals surface area (Å²) in [6.45, 7) is -3.06. The number of nitrogens with zero attached hydrogens (tertiary/aromatic N) is 2. The molecule has 174 valence electrons. The van der Waals surface area contributed by atoms with Crippen LogP contribution in [0.5, 0.6) is 0 Å². The lowest BCUT2D eigenvalue weighted by Gasteiger charge is -2.21. The van der Waals surface area contributed by atoms with Crippen molar-refractivity contribution in [2.75, 3.05) is 0 Å². The molecule has 3 atom stereocenters. The van der Waals surface area contributed by atoms with E-state index in [0.29, 0.717) is 0 Å². The minimum Gasteiger partial charge on any atom is -0.447 e. The number of halogens is 7. The Morgan fingerprint density at radius 1 is 1.16 bits per heavy atom. The lowest BCUT2D eigenvalue weighted by molar-refractivity contribution is -0.160. The van der Waals surface area contributed by atoms with E-state index in [1.807, 2.05) is 0 Å². The summed E-state index contributed by atoms with van der Waals surface area (Å²) in [5, 5.41) is 3.52. The molecule has 2 aromatic rings. The molecular weight excluding hydrogens is 449 g/mol. The van der Waals surface area contributed by atoms with Gasteiger partial charge < -0.3 is 9.47 Å². The van der Waals surface area contributed by atoms with Crippen LogP contribution in [0.4, 0.5) is 30.7 Å². The molecule has 32 heavy (non-hydrogen) atoms. The average molecular weight is 466 g/mol. The number of fused-ring (bicyclic) bond motifs is 1. The third-order valence-corrected chi connectivity index (χ3v) is 5.60. The predicted octanol–water partition coefficient (Wildman–Crippen LogP) is 5.32. The van der Waals surface area contributed by atoms with Crippen molar-refractivity contribution in [3.8, 4) is 0 Å². The first-order valence-electron chi connectivity index (χ1n) is 9.73. The van der Waals surface area contributed by atoms with Crippen molar-refractivity contribution in [3.63, 3.8) is 0 Å². The molecule has 5 nitrogen and oxygen atoms in total. The van der Waals surface area contributed by atoms with Gasteiger partial charge in [-0.15, -0.1) is 0 Å². The molecule has 0 spiro atoms. The molecule has 0 amide bonds. The van der Waals surface area contributed by atoms with Crippen LogP contribution in [-0.4, -0.2) is 34.4 Å². The number of hydrogen-bond acceptors (Lipinski definition) is 4. The first-order valence-corrected chi connectivity index (χ1v) is 9.73. The lowest BCUT2D eigenvalue weighted by atomic mass is 10.1. The summed E-state index contributed by atoms with van der Waals surface area (Å²) in [7, 11) is 0. The minimum absolute atomic E-state index is 0.0968. The number of hydrogen-bond donors (Lipinski definition) is 0. The van der Waals surface area contributed by atoms with Crippen molar-refractivity contribution >= 4 is 5.97 Å². The van der Waals surface area contributed by atoms with E-state index in [-0.39, 0.29) is 24.8 Å². The molecule has 0 aliphatic heterocycles. The summed E-state index contributed by atoms with van der Waals surface area (Å²) in [6.07, 6.45) is -9.49. The van der Waals surface area contributed by atoms with E-state index < -0.39 is 66.3 Å². The summed E-state index contributed by atoms with van der Waals surface area (Å²) < 4.78 is 106. The van der Waals surface area contributed by atoms with Crippen LogP contribution in [0.25, 0.3) is 0 Å². The van der Waals surface area contributed by atoms with Crippen LogP contribution in [0.2, 0.25) is 0 Å². The van der Waals surface area contributed by atoms with Crippen molar-refractivity contribution in [1.29, 1.82) is 0 Å². The van der Waals surface area contributed by atoms with Gasteiger partial charge in [0, 0.05) is 0 Å². The SMILES string of the molecule is O=C(O[C@H]1c2c(C(F)(F)F)nn([C@@H]3CC[C@@H](OC(F)F)C3)c2CC1(F)F)c1ccccc1. The zero-order valence-corrected chi connectivity index (χ0v) is 16.3. The van der Waals surface area contributed by atoms with Gasteiger partial charge in [-0.3, -0.25) is 4.68 Å². The molecule has 0 saturated heterocycles. The second-order valence-electron chi connectivity index (χ2n) is 7.73. The normalized spacial score (nSPS) is 24.7. The monoisotopic (exact) mass is 466 g/mol. The number of carbonyl (C=O) groups is 1. The maximum Gasteiger partial charge on any atom is 0.435 e. The molecule has 12 heteroatoms. The fourth-order valence-electron chi connectivity index (χ4n) is 4.28. The summed E-state index contributed by atoms with van der Waals surface area (Å²) in [5.41, 5.74) is -2.99. The lowest BCUT2D eigenvalue weighted by Crippen LogP contribution is -2.29. The van der Waals surface area contributed by atoms with Gasteiger partial charge in [-0.2, -0.15) is 27.1 Å². The Balaban J connectivity index is 1.70. The molecule has 1 heterocycles. The zero-order valence-electron chi connectivity index (χ0n) is 16.3. The number of rotatable bonds is 5. The number of ether oxygens (including phenoxy) is 2. The highest BCUT2D eigenvalue weighted by molar-refractivity contribution is 5.89. The summed E-state index contributed by atoms with van der Waals surface area (Å²) in [5.74, 6) is -5.01. The first kappa shape index (κ1) is 22.6. The van der Waals surface area contributed by atoms with E-state index in [2.05, 4.69) is 9.84 Å². The van der Waals surface area contributed by atoms with Crippen LogP contribution in [0.3, 0.4) is 0 Å². The molecule has 0 bridgehead atoms.